The molecule has 0 saturated heterocycles. The highest BCUT2D eigenvalue weighted by atomic mass is 16.3. The Morgan fingerprint density at radius 1 is 0.769 bits per heavy atom. The van der Waals surface area contributed by atoms with Crippen molar-refractivity contribution in [3.8, 4) is 5.75 Å². The summed E-state index contributed by atoms with van der Waals surface area (Å²) >= 11 is 0. The molecule has 0 atom stereocenters. The second-order valence-electron chi connectivity index (χ2n) is 2.53. The molecule has 0 amide bonds. The standard InChI is InChI=1S/C10H8O.2CH4/c11-10-6-5-8-3-1-2-4-9(8)7-10;;/h1-7,11H;2*1H4. The lowest BCUT2D eigenvalue weighted by molar-refractivity contribution is 0.476. The van der Waals surface area contributed by atoms with Crippen LogP contribution in [-0.2, 0) is 0 Å². The van der Waals surface area contributed by atoms with Crippen LogP contribution < -0.4 is 0 Å². The van der Waals surface area contributed by atoms with Crippen molar-refractivity contribution in [1.82, 2.24) is 0 Å². The zero-order chi connectivity index (χ0) is 7.68. The van der Waals surface area contributed by atoms with E-state index in [2.05, 4.69) is 0 Å². The minimum atomic E-state index is 0. The van der Waals surface area contributed by atoms with E-state index < -0.39 is 0 Å². The van der Waals surface area contributed by atoms with Crippen molar-refractivity contribution in [2.45, 2.75) is 14.9 Å². The fraction of sp³-hybridized carbons (Fsp3) is 0.167. The van der Waals surface area contributed by atoms with Gasteiger partial charge in [0, 0.05) is 0 Å². The van der Waals surface area contributed by atoms with Gasteiger partial charge in [-0.2, -0.15) is 0 Å². The number of hydrogen-bond donors (Lipinski definition) is 1. The third-order valence-corrected chi connectivity index (χ3v) is 1.73. The molecule has 2 rings (SSSR count). The number of phenolic OH excluding ortho intramolecular Hbond substituents is 1. The van der Waals surface area contributed by atoms with Crippen LogP contribution in [0.25, 0.3) is 10.8 Å². The molecule has 0 aromatic heterocycles. The van der Waals surface area contributed by atoms with Gasteiger partial charge < -0.3 is 5.11 Å². The third-order valence-electron chi connectivity index (χ3n) is 1.73. The summed E-state index contributed by atoms with van der Waals surface area (Å²) in [5, 5.41) is 11.4. The molecule has 0 aliphatic rings. The van der Waals surface area contributed by atoms with Crippen molar-refractivity contribution in [1.29, 1.82) is 0 Å². The molecule has 0 fully saturated rings. The first-order chi connectivity index (χ1) is 5.36. The lowest BCUT2D eigenvalue weighted by atomic mass is 10.1. The van der Waals surface area contributed by atoms with Crippen molar-refractivity contribution in [2.75, 3.05) is 0 Å². The molecule has 0 radical (unpaired) electrons. The molecule has 0 aliphatic heterocycles. The van der Waals surface area contributed by atoms with Gasteiger partial charge in [0.2, 0.25) is 0 Å². The monoisotopic (exact) mass is 176 g/mol. The normalized spacial score (nSPS) is 8.62. The average molecular weight is 176 g/mol. The Labute approximate surface area is 79.6 Å². The van der Waals surface area contributed by atoms with Gasteiger partial charge >= 0.3 is 0 Å². The molecule has 0 saturated carbocycles. The van der Waals surface area contributed by atoms with E-state index in [1.54, 1.807) is 12.1 Å². The van der Waals surface area contributed by atoms with Crippen LogP contribution in [0.15, 0.2) is 42.5 Å². The maximum absolute atomic E-state index is 9.13. The molecule has 1 nitrogen and oxygen atoms in total. The van der Waals surface area contributed by atoms with Gasteiger partial charge in [-0.25, -0.2) is 0 Å². The molecule has 0 unspecified atom stereocenters. The van der Waals surface area contributed by atoms with Crippen molar-refractivity contribution in [3.05, 3.63) is 42.5 Å². The highest BCUT2D eigenvalue weighted by Gasteiger charge is 1.91. The first-order valence-corrected chi connectivity index (χ1v) is 3.54. The van der Waals surface area contributed by atoms with Crippen molar-refractivity contribution < 1.29 is 5.11 Å². The summed E-state index contributed by atoms with van der Waals surface area (Å²) in [6.45, 7) is 0. The number of aromatic hydroxyl groups is 1. The number of benzene rings is 2. The van der Waals surface area contributed by atoms with Gasteiger partial charge in [-0.15, -0.1) is 0 Å². The predicted molar refractivity (Wildman–Crippen MR) is 59.1 cm³/mol. The number of phenols is 1. The Kier molecular flexibility index (Phi) is 3.99. The minimum Gasteiger partial charge on any atom is -0.508 e. The predicted octanol–water partition coefficient (Wildman–Crippen LogP) is 3.82. The van der Waals surface area contributed by atoms with Crippen LogP contribution >= 0.6 is 0 Å². The molecular weight excluding hydrogens is 160 g/mol. The lowest BCUT2D eigenvalue weighted by Crippen LogP contribution is -1.69. The average Bonchev–Trinajstić information content (AvgIpc) is 2.04. The topological polar surface area (TPSA) is 20.2 Å². The zero-order valence-corrected chi connectivity index (χ0v) is 5.99. The molecule has 1 heteroatoms. The van der Waals surface area contributed by atoms with Crippen molar-refractivity contribution >= 4 is 10.8 Å². The summed E-state index contributed by atoms with van der Waals surface area (Å²) in [6, 6.07) is 13.3. The lowest BCUT2D eigenvalue weighted by Gasteiger charge is -1.96. The van der Waals surface area contributed by atoms with Crippen LogP contribution in [0.4, 0.5) is 0 Å². The number of hydrogen-bond acceptors (Lipinski definition) is 1. The number of fused-ring (bicyclic) bond motifs is 1. The first-order valence-electron chi connectivity index (χ1n) is 3.54. The Morgan fingerprint density at radius 3 is 2.08 bits per heavy atom. The van der Waals surface area contributed by atoms with Crippen LogP contribution in [0.2, 0.25) is 0 Å². The van der Waals surface area contributed by atoms with E-state index in [0.717, 1.165) is 10.8 Å². The van der Waals surface area contributed by atoms with Crippen LogP contribution in [0.5, 0.6) is 5.75 Å². The maximum Gasteiger partial charge on any atom is 0.116 e. The Balaban J connectivity index is 0.000000720. The van der Waals surface area contributed by atoms with Gasteiger partial charge in [-0.3, -0.25) is 0 Å². The van der Waals surface area contributed by atoms with Gasteiger partial charge in [-0.1, -0.05) is 45.2 Å². The molecule has 70 valence electrons. The molecule has 0 heterocycles. The maximum atomic E-state index is 9.13. The van der Waals surface area contributed by atoms with Crippen LogP contribution in [0, 0.1) is 0 Å². The third kappa shape index (κ3) is 2.22. The fourth-order valence-electron chi connectivity index (χ4n) is 1.18. The van der Waals surface area contributed by atoms with Crippen LogP contribution in [0.3, 0.4) is 0 Å². The highest BCUT2D eigenvalue weighted by Crippen LogP contribution is 2.18. The van der Waals surface area contributed by atoms with Crippen molar-refractivity contribution in [3.63, 3.8) is 0 Å². The van der Waals surface area contributed by atoms with E-state index in [0.29, 0.717) is 5.75 Å². The van der Waals surface area contributed by atoms with E-state index in [1.165, 1.54) is 0 Å². The summed E-state index contributed by atoms with van der Waals surface area (Å²) in [4.78, 5) is 0. The van der Waals surface area contributed by atoms with E-state index >= 15 is 0 Å². The largest absolute Gasteiger partial charge is 0.508 e. The molecule has 0 aliphatic carbocycles. The second kappa shape index (κ2) is 4.51. The highest BCUT2D eigenvalue weighted by molar-refractivity contribution is 5.83. The fourth-order valence-corrected chi connectivity index (χ4v) is 1.18. The summed E-state index contributed by atoms with van der Waals surface area (Å²) in [6.07, 6.45) is 0. The minimum absolute atomic E-state index is 0. The molecule has 2 aromatic rings. The van der Waals surface area contributed by atoms with Gasteiger partial charge in [0.25, 0.3) is 0 Å². The van der Waals surface area contributed by atoms with Gasteiger partial charge in [0.1, 0.15) is 5.75 Å². The summed E-state index contributed by atoms with van der Waals surface area (Å²) < 4.78 is 0. The van der Waals surface area contributed by atoms with Gasteiger partial charge in [-0.05, 0) is 22.9 Å². The molecule has 13 heavy (non-hydrogen) atoms. The quantitative estimate of drug-likeness (QED) is 0.647. The van der Waals surface area contributed by atoms with E-state index in [1.807, 2.05) is 30.3 Å². The van der Waals surface area contributed by atoms with Gasteiger partial charge in [0.15, 0.2) is 0 Å². The van der Waals surface area contributed by atoms with Crippen molar-refractivity contribution in [2.24, 2.45) is 0 Å². The summed E-state index contributed by atoms with van der Waals surface area (Å²) in [5.74, 6) is 0.323. The SMILES string of the molecule is C.C.Oc1ccc2ccccc2c1. The van der Waals surface area contributed by atoms with Gasteiger partial charge in [0.05, 0.1) is 0 Å². The molecule has 0 bridgehead atoms. The zero-order valence-electron chi connectivity index (χ0n) is 5.99. The molecule has 1 N–H and O–H groups in total. The molecule has 0 spiro atoms. The van der Waals surface area contributed by atoms with Crippen LogP contribution in [0.1, 0.15) is 14.9 Å². The van der Waals surface area contributed by atoms with E-state index in [4.69, 9.17) is 5.11 Å². The smallest absolute Gasteiger partial charge is 0.116 e. The second-order valence-corrected chi connectivity index (χ2v) is 2.53. The van der Waals surface area contributed by atoms with E-state index in [-0.39, 0.29) is 14.9 Å². The summed E-state index contributed by atoms with van der Waals surface area (Å²) in [5.41, 5.74) is 0. The summed E-state index contributed by atoms with van der Waals surface area (Å²) in [7, 11) is 0. The Bertz CT molecular complexity index is 380. The Hall–Kier alpha value is -1.50. The van der Waals surface area contributed by atoms with E-state index in [9.17, 15) is 0 Å². The molecular formula is C12H16O. The number of rotatable bonds is 0. The first kappa shape index (κ1) is 11.5. The Morgan fingerprint density at radius 2 is 1.38 bits per heavy atom. The molecule has 2 aromatic carbocycles. The van der Waals surface area contributed by atoms with Crippen LogP contribution in [-0.4, -0.2) is 5.11 Å².